The smallest absolute Gasteiger partial charge is 0.119 e. The zero-order chi connectivity index (χ0) is 22.9. The van der Waals surface area contributed by atoms with Crippen LogP contribution in [0.3, 0.4) is 0 Å². The average molecular weight is 432 g/mol. The van der Waals surface area contributed by atoms with Crippen LogP contribution < -0.4 is 14.8 Å². The number of benzene rings is 3. The van der Waals surface area contributed by atoms with Crippen molar-refractivity contribution in [2.75, 3.05) is 6.54 Å². The Kier molecular flexibility index (Phi) is 8.75. The van der Waals surface area contributed by atoms with E-state index in [1.807, 2.05) is 26.0 Å². The molecule has 0 saturated heterocycles. The standard InChI is InChI=1S/C29H37NO2/c1-21(2)31-27-14-8-24(9-15-27)20-30-19-18-29(25-10-6-23(5)7-11-25)26-12-16-28(17-13-26)32-22(3)4/h6-17,21-22,29-30H,18-20H2,1-5H3/t29-/m1/s1. The van der Waals surface area contributed by atoms with Crippen molar-refractivity contribution in [2.45, 2.75) is 65.7 Å². The van der Waals surface area contributed by atoms with Crippen molar-refractivity contribution in [2.24, 2.45) is 0 Å². The molecule has 3 heteroatoms. The SMILES string of the molecule is Cc1ccc([C@@H](CCNCc2ccc(OC(C)C)cc2)c2ccc(OC(C)C)cc2)cc1. The van der Waals surface area contributed by atoms with Crippen LogP contribution >= 0.6 is 0 Å². The fourth-order valence-corrected chi connectivity index (χ4v) is 3.81. The molecule has 0 heterocycles. The number of nitrogens with one attached hydrogen (secondary N) is 1. The zero-order valence-corrected chi connectivity index (χ0v) is 20.1. The van der Waals surface area contributed by atoms with Crippen molar-refractivity contribution in [3.05, 3.63) is 95.1 Å². The second kappa shape index (κ2) is 11.7. The Labute approximate surface area is 193 Å². The van der Waals surface area contributed by atoms with Gasteiger partial charge in [-0.2, -0.15) is 0 Å². The van der Waals surface area contributed by atoms with Crippen molar-refractivity contribution in [3.8, 4) is 11.5 Å². The summed E-state index contributed by atoms with van der Waals surface area (Å²) in [4.78, 5) is 0. The maximum atomic E-state index is 5.83. The molecule has 0 aliphatic heterocycles. The summed E-state index contributed by atoms with van der Waals surface area (Å²) in [5, 5.41) is 3.62. The molecule has 0 fully saturated rings. The summed E-state index contributed by atoms with van der Waals surface area (Å²) in [6, 6.07) is 25.9. The van der Waals surface area contributed by atoms with E-state index >= 15 is 0 Å². The highest BCUT2D eigenvalue weighted by Gasteiger charge is 2.14. The van der Waals surface area contributed by atoms with Gasteiger partial charge in [-0.05, 0) is 88.5 Å². The highest BCUT2D eigenvalue weighted by molar-refractivity contribution is 5.37. The molecule has 0 aliphatic carbocycles. The maximum absolute atomic E-state index is 5.83. The number of hydrogen-bond donors (Lipinski definition) is 1. The Morgan fingerprint density at radius 1 is 0.656 bits per heavy atom. The molecule has 0 bridgehead atoms. The van der Waals surface area contributed by atoms with Gasteiger partial charge in [-0.15, -0.1) is 0 Å². The van der Waals surface area contributed by atoms with Gasteiger partial charge >= 0.3 is 0 Å². The van der Waals surface area contributed by atoms with E-state index in [4.69, 9.17) is 9.47 Å². The summed E-state index contributed by atoms with van der Waals surface area (Å²) < 4.78 is 11.6. The molecule has 3 rings (SSSR count). The van der Waals surface area contributed by atoms with E-state index in [1.165, 1.54) is 22.3 Å². The largest absolute Gasteiger partial charge is 0.491 e. The van der Waals surface area contributed by atoms with Crippen molar-refractivity contribution < 1.29 is 9.47 Å². The van der Waals surface area contributed by atoms with Gasteiger partial charge in [-0.25, -0.2) is 0 Å². The summed E-state index contributed by atoms with van der Waals surface area (Å²) in [6.45, 7) is 12.1. The lowest BCUT2D eigenvalue weighted by atomic mass is 9.88. The highest BCUT2D eigenvalue weighted by atomic mass is 16.5. The van der Waals surface area contributed by atoms with Crippen LogP contribution in [0.15, 0.2) is 72.8 Å². The predicted molar refractivity (Wildman–Crippen MR) is 134 cm³/mol. The van der Waals surface area contributed by atoms with E-state index in [2.05, 4.69) is 86.8 Å². The molecule has 0 radical (unpaired) electrons. The Bertz CT molecular complexity index is 928. The minimum atomic E-state index is 0.184. The molecule has 1 N–H and O–H groups in total. The van der Waals surface area contributed by atoms with Crippen LogP contribution in [-0.2, 0) is 6.54 Å². The van der Waals surface area contributed by atoms with Gasteiger partial charge in [0.1, 0.15) is 11.5 Å². The van der Waals surface area contributed by atoms with Crippen molar-refractivity contribution in [1.29, 1.82) is 0 Å². The fraction of sp³-hybridized carbons (Fsp3) is 0.379. The zero-order valence-electron chi connectivity index (χ0n) is 20.1. The molecular formula is C29H37NO2. The Morgan fingerprint density at radius 2 is 1.12 bits per heavy atom. The van der Waals surface area contributed by atoms with E-state index in [0.29, 0.717) is 5.92 Å². The Morgan fingerprint density at radius 3 is 1.62 bits per heavy atom. The molecule has 3 aromatic rings. The molecule has 0 aromatic heterocycles. The fourth-order valence-electron chi connectivity index (χ4n) is 3.81. The first kappa shape index (κ1) is 23.9. The number of rotatable bonds is 11. The van der Waals surface area contributed by atoms with Crippen LogP contribution in [0.1, 0.15) is 62.3 Å². The van der Waals surface area contributed by atoms with E-state index in [1.54, 1.807) is 0 Å². The molecule has 0 aliphatic rings. The number of hydrogen-bond acceptors (Lipinski definition) is 3. The van der Waals surface area contributed by atoms with E-state index < -0.39 is 0 Å². The van der Waals surface area contributed by atoms with Crippen LogP contribution in [0.5, 0.6) is 11.5 Å². The van der Waals surface area contributed by atoms with Crippen molar-refractivity contribution >= 4 is 0 Å². The van der Waals surface area contributed by atoms with Gasteiger partial charge in [0, 0.05) is 12.5 Å². The van der Waals surface area contributed by atoms with Crippen LogP contribution in [0.4, 0.5) is 0 Å². The number of ether oxygens (including phenoxy) is 2. The third-order valence-electron chi connectivity index (χ3n) is 5.37. The molecule has 3 aromatic carbocycles. The molecule has 0 unspecified atom stereocenters. The first-order valence-electron chi connectivity index (χ1n) is 11.7. The topological polar surface area (TPSA) is 30.5 Å². The summed E-state index contributed by atoms with van der Waals surface area (Å²) in [6.07, 6.45) is 1.41. The molecule has 0 spiro atoms. The van der Waals surface area contributed by atoms with Crippen molar-refractivity contribution in [1.82, 2.24) is 5.32 Å². The third kappa shape index (κ3) is 7.42. The normalized spacial score (nSPS) is 12.2. The van der Waals surface area contributed by atoms with Crippen LogP contribution in [0.2, 0.25) is 0 Å². The van der Waals surface area contributed by atoms with E-state index in [-0.39, 0.29) is 12.2 Å². The summed E-state index contributed by atoms with van der Waals surface area (Å²) in [5.41, 5.74) is 5.23. The minimum Gasteiger partial charge on any atom is -0.491 e. The second-order valence-corrected chi connectivity index (χ2v) is 8.97. The molecule has 0 amide bonds. The van der Waals surface area contributed by atoms with Crippen molar-refractivity contribution in [3.63, 3.8) is 0 Å². The van der Waals surface area contributed by atoms with Gasteiger partial charge in [0.25, 0.3) is 0 Å². The van der Waals surface area contributed by atoms with Gasteiger partial charge in [-0.3, -0.25) is 0 Å². The van der Waals surface area contributed by atoms with E-state index in [0.717, 1.165) is 31.0 Å². The first-order chi connectivity index (χ1) is 15.4. The minimum absolute atomic E-state index is 0.184. The van der Waals surface area contributed by atoms with Gasteiger partial charge in [0.15, 0.2) is 0 Å². The lowest BCUT2D eigenvalue weighted by molar-refractivity contribution is 0.242. The maximum Gasteiger partial charge on any atom is 0.119 e. The third-order valence-corrected chi connectivity index (χ3v) is 5.37. The quantitative estimate of drug-likeness (QED) is 0.336. The van der Waals surface area contributed by atoms with Crippen LogP contribution in [0, 0.1) is 6.92 Å². The molecule has 3 nitrogen and oxygen atoms in total. The molecule has 170 valence electrons. The van der Waals surface area contributed by atoms with Crippen LogP contribution in [-0.4, -0.2) is 18.8 Å². The second-order valence-electron chi connectivity index (χ2n) is 8.97. The van der Waals surface area contributed by atoms with Gasteiger partial charge in [-0.1, -0.05) is 54.1 Å². The Balaban J connectivity index is 1.62. The van der Waals surface area contributed by atoms with E-state index in [9.17, 15) is 0 Å². The molecule has 32 heavy (non-hydrogen) atoms. The van der Waals surface area contributed by atoms with Crippen LogP contribution in [0.25, 0.3) is 0 Å². The molecule has 0 saturated carbocycles. The average Bonchev–Trinajstić information content (AvgIpc) is 2.76. The molecule has 1 atom stereocenters. The summed E-state index contributed by atoms with van der Waals surface area (Å²) in [5.74, 6) is 2.19. The van der Waals surface area contributed by atoms with Gasteiger partial charge in [0.2, 0.25) is 0 Å². The lowest BCUT2D eigenvalue weighted by Crippen LogP contribution is -2.18. The lowest BCUT2D eigenvalue weighted by Gasteiger charge is -2.20. The first-order valence-corrected chi connectivity index (χ1v) is 11.7. The Hall–Kier alpha value is -2.78. The molecular weight excluding hydrogens is 394 g/mol. The summed E-state index contributed by atoms with van der Waals surface area (Å²) >= 11 is 0. The predicted octanol–water partition coefficient (Wildman–Crippen LogP) is 6.88. The van der Waals surface area contributed by atoms with Gasteiger partial charge < -0.3 is 14.8 Å². The summed E-state index contributed by atoms with van der Waals surface area (Å²) in [7, 11) is 0. The number of aryl methyl sites for hydroxylation is 1. The van der Waals surface area contributed by atoms with Gasteiger partial charge in [0.05, 0.1) is 12.2 Å². The highest BCUT2D eigenvalue weighted by Crippen LogP contribution is 2.29. The monoisotopic (exact) mass is 431 g/mol.